The van der Waals surface area contributed by atoms with Crippen LogP contribution in [0, 0.1) is 5.21 Å². The van der Waals surface area contributed by atoms with Crippen molar-refractivity contribution in [2.24, 2.45) is 0 Å². The Kier molecular flexibility index (Phi) is 7.53. The average molecular weight is 501 g/mol. The molecule has 1 unspecified atom stereocenters. The maximum atomic E-state index is 12.3. The second kappa shape index (κ2) is 11.1. The lowest BCUT2D eigenvalue weighted by Gasteiger charge is -2.43. The Morgan fingerprint density at radius 1 is 0.833 bits per heavy atom. The topological polar surface area (TPSA) is 91.7 Å². The van der Waals surface area contributed by atoms with E-state index in [4.69, 9.17) is 15.2 Å². The van der Waals surface area contributed by atoms with Gasteiger partial charge in [0, 0.05) is 35.1 Å². The van der Waals surface area contributed by atoms with Gasteiger partial charge >= 0.3 is 0 Å². The number of thioether (sulfide) groups is 1. The van der Waals surface area contributed by atoms with Crippen LogP contribution in [0.1, 0.15) is 40.6 Å². The van der Waals surface area contributed by atoms with Crippen molar-refractivity contribution >= 4 is 17.4 Å². The first-order valence-electron chi connectivity index (χ1n) is 11.8. The van der Waals surface area contributed by atoms with Crippen LogP contribution in [0.3, 0.4) is 0 Å². The van der Waals surface area contributed by atoms with Gasteiger partial charge in [-0.05, 0) is 34.9 Å². The number of hydrogen-bond donors (Lipinski definition) is 2. The van der Waals surface area contributed by atoms with Crippen molar-refractivity contribution in [3.05, 3.63) is 131 Å². The Balaban J connectivity index is 1.55. The Morgan fingerprint density at radius 3 is 2.31 bits per heavy atom. The molecule has 36 heavy (non-hydrogen) atoms. The summed E-state index contributed by atoms with van der Waals surface area (Å²) in [5.41, 5.74) is 10.5. The largest absolute Gasteiger partial charge is 0.618 e. The normalized spacial score (nSPS) is 21.8. The first-order chi connectivity index (χ1) is 17.6. The molecule has 3 aromatic carbocycles. The third-order valence-electron chi connectivity index (χ3n) is 6.34. The van der Waals surface area contributed by atoms with Crippen LogP contribution in [0.15, 0.2) is 108 Å². The van der Waals surface area contributed by atoms with E-state index >= 15 is 0 Å². The molecule has 7 heteroatoms. The zero-order valence-corrected chi connectivity index (χ0v) is 20.5. The predicted octanol–water partition coefficient (Wildman–Crippen LogP) is 5.13. The van der Waals surface area contributed by atoms with Crippen LogP contribution in [-0.4, -0.2) is 17.0 Å². The highest BCUT2D eigenvalue weighted by atomic mass is 32.2. The molecule has 0 saturated carbocycles. The fraction of sp³-hybridized carbons (Fsp3) is 0.207. The average Bonchev–Trinajstić information content (AvgIpc) is 2.92. The van der Waals surface area contributed by atoms with Gasteiger partial charge in [-0.3, -0.25) is 0 Å². The second-order valence-electron chi connectivity index (χ2n) is 8.75. The minimum absolute atomic E-state index is 0.0194. The van der Waals surface area contributed by atoms with Crippen molar-refractivity contribution in [3.63, 3.8) is 0 Å². The zero-order valence-electron chi connectivity index (χ0n) is 19.6. The summed E-state index contributed by atoms with van der Waals surface area (Å²) in [6, 6.07) is 30.9. The number of anilines is 1. The number of nitrogen functional groups attached to an aromatic ring is 1. The Labute approximate surface area is 214 Å². The number of benzene rings is 3. The Hall–Kier alpha value is -3.36. The summed E-state index contributed by atoms with van der Waals surface area (Å²) in [4.78, 5) is 0. The van der Waals surface area contributed by atoms with E-state index in [1.807, 2.05) is 78.9 Å². The molecule has 1 saturated heterocycles. The van der Waals surface area contributed by atoms with E-state index < -0.39 is 6.29 Å². The molecule has 3 N–H and O–H groups in total. The van der Waals surface area contributed by atoms with Crippen molar-refractivity contribution in [1.29, 1.82) is 0 Å². The summed E-state index contributed by atoms with van der Waals surface area (Å²) in [5, 5.41) is 22.5. The van der Waals surface area contributed by atoms with Crippen molar-refractivity contribution in [1.82, 2.24) is 0 Å². The summed E-state index contributed by atoms with van der Waals surface area (Å²) >= 11 is 1.47. The highest BCUT2D eigenvalue weighted by Crippen LogP contribution is 2.48. The number of nitrogens with zero attached hydrogens (tertiary/aromatic N) is 1. The van der Waals surface area contributed by atoms with Crippen LogP contribution < -0.4 is 10.5 Å². The Bertz CT molecular complexity index is 1290. The maximum Gasteiger partial charge on any atom is 0.251 e. The molecule has 5 rings (SSSR count). The molecule has 1 fully saturated rings. The van der Waals surface area contributed by atoms with Gasteiger partial charge in [0.05, 0.1) is 18.8 Å². The van der Waals surface area contributed by atoms with Crippen LogP contribution in [0.2, 0.25) is 0 Å². The molecule has 1 aliphatic rings. The molecule has 0 bridgehead atoms. The van der Waals surface area contributed by atoms with Crippen LogP contribution in [0.4, 0.5) is 5.69 Å². The summed E-state index contributed by atoms with van der Waals surface area (Å²) in [6.07, 6.45) is 0.293. The first-order valence-corrected chi connectivity index (χ1v) is 12.8. The fourth-order valence-electron chi connectivity index (χ4n) is 4.55. The number of ether oxygens (including phenoxy) is 2. The van der Waals surface area contributed by atoms with E-state index in [2.05, 4.69) is 12.1 Å². The quantitative estimate of drug-likeness (QED) is 0.158. The maximum absolute atomic E-state index is 12.3. The van der Waals surface area contributed by atoms with Crippen LogP contribution in [0.25, 0.3) is 0 Å². The number of nitrogens with two attached hydrogens (primary N) is 1. The predicted molar refractivity (Wildman–Crippen MR) is 140 cm³/mol. The van der Waals surface area contributed by atoms with E-state index in [9.17, 15) is 10.3 Å². The van der Waals surface area contributed by atoms with Gasteiger partial charge in [0.1, 0.15) is 0 Å². The molecule has 1 aliphatic heterocycles. The zero-order chi connectivity index (χ0) is 24.9. The second-order valence-corrected chi connectivity index (χ2v) is 9.79. The molecule has 2 heterocycles. The first kappa shape index (κ1) is 24.3. The van der Waals surface area contributed by atoms with Gasteiger partial charge in [0.2, 0.25) is 0 Å². The molecular formula is C29H28N2O4S. The van der Waals surface area contributed by atoms with E-state index in [1.165, 1.54) is 18.0 Å². The molecular weight excluding hydrogens is 472 g/mol. The summed E-state index contributed by atoms with van der Waals surface area (Å²) < 4.78 is 14.1. The van der Waals surface area contributed by atoms with E-state index in [0.29, 0.717) is 16.5 Å². The van der Waals surface area contributed by atoms with Gasteiger partial charge in [0.25, 0.3) is 5.03 Å². The van der Waals surface area contributed by atoms with Crippen LogP contribution >= 0.6 is 11.8 Å². The van der Waals surface area contributed by atoms with Gasteiger partial charge in [-0.2, -0.15) is 4.73 Å². The molecule has 1 aromatic heterocycles. The highest BCUT2D eigenvalue weighted by Gasteiger charge is 2.42. The third kappa shape index (κ3) is 5.39. The molecule has 0 radical (unpaired) electrons. The lowest BCUT2D eigenvalue weighted by atomic mass is 9.84. The van der Waals surface area contributed by atoms with Crippen molar-refractivity contribution in [2.75, 3.05) is 11.5 Å². The number of aliphatic hydroxyl groups excluding tert-OH is 1. The molecule has 0 amide bonds. The highest BCUT2D eigenvalue weighted by molar-refractivity contribution is 7.99. The molecule has 4 atom stereocenters. The van der Waals surface area contributed by atoms with Crippen molar-refractivity contribution in [3.8, 4) is 0 Å². The fourth-order valence-corrected chi connectivity index (χ4v) is 5.53. The third-order valence-corrected chi connectivity index (χ3v) is 7.44. The van der Waals surface area contributed by atoms with Crippen molar-refractivity contribution < 1.29 is 19.3 Å². The van der Waals surface area contributed by atoms with Crippen LogP contribution in [0.5, 0.6) is 0 Å². The van der Waals surface area contributed by atoms with Gasteiger partial charge in [0.15, 0.2) is 12.5 Å². The standard InChI is InChI=1S/C29H28N2O4S/c30-24-10-6-9-23(17-24)29-34-25(19-36-26-11-4-5-16-31(26)33)27(21-7-2-1-3-8-21)28(35-29)22-14-12-20(18-32)13-15-22/h1-17,25,27-29,32H,18-19,30H2/t25-,27-,28+,29?/m1/s1. The minimum atomic E-state index is -0.628. The number of aromatic nitrogens is 1. The van der Waals surface area contributed by atoms with Gasteiger partial charge in [-0.25, -0.2) is 0 Å². The van der Waals surface area contributed by atoms with Crippen LogP contribution in [-0.2, 0) is 16.1 Å². The smallest absolute Gasteiger partial charge is 0.251 e. The SMILES string of the molecule is Nc1cccc(C2O[C@H](CSc3cccc[n+]3[O-])[C@@H](c3ccccc3)[C@H](c3ccc(CO)cc3)O2)c1. The number of rotatable bonds is 7. The molecule has 4 aromatic rings. The number of hydrogen-bond acceptors (Lipinski definition) is 6. The monoisotopic (exact) mass is 500 g/mol. The molecule has 0 aliphatic carbocycles. The minimum Gasteiger partial charge on any atom is -0.618 e. The number of aliphatic hydroxyl groups is 1. The summed E-state index contributed by atoms with van der Waals surface area (Å²) in [6.45, 7) is -0.0194. The lowest BCUT2D eigenvalue weighted by molar-refractivity contribution is -0.645. The van der Waals surface area contributed by atoms with Gasteiger partial charge in [-0.15, -0.1) is 0 Å². The molecule has 0 spiro atoms. The van der Waals surface area contributed by atoms with Gasteiger partial charge < -0.3 is 25.5 Å². The van der Waals surface area contributed by atoms with E-state index in [-0.39, 0.29) is 24.7 Å². The molecule has 6 nitrogen and oxygen atoms in total. The van der Waals surface area contributed by atoms with Crippen molar-refractivity contribution in [2.45, 2.75) is 36.0 Å². The lowest BCUT2D eigenvalue weighted by Crippen LogP contribution is -2.39. The summed E-state index contributed by atoms with van der Waals surface area (Å²) in [7, 11) is 0. The summed E-state index contributed by atoms with van der Waals surface area (Å²) in [5.74, 6) is 0.430. The van der Waals surface area contributed by atoms with Gasteiger partial charge in [-0.1, -0.05) is 78.5 Å². The number of pyridine rings is 1. The van der Waals surface area contributed by atoms with E-state index in [1.54, 1.807) is 6.07 Å². The Morgan fingerprint density at radius 2 is 1.58 bits per heavy atom. The molecule has 184 valence electrons. The van der Waals surface area contributed by atoms with E-state index in [0.717, 1.165) is 27.0 Å².